The predicted octanol–water partition coefficient (Wildman–Crippen LogP) is 4.26. The molecule has 0 aliphatic carbocycles. The van der Waals surface area contributed by atoms with Crippen LogP contribution >= 0.6 is 0 Å². The minimum absolute atomic E-state index is 0.156. The summed E-state index contributed by atoms with van der Waals surface area (Å²) < 4.78 is 16.7. The monoisotopic (exact) mass is 409 g/mol. The molecule has 2 aromatic carbocycles. The number of hydrogen-bond acceptors (Lipinski definition) is 6. The predicted molar refractivity (Wildman–Crippen MR) is 114 cm³/mol. The molecule has 2 aliphatic rings. The van der Waals surface area contributed by atoms with Crippen LogP contribution in [0.1, 0.15) is 41.3 Å². The third-order valence-corrected chi connectivity index (χ3v) is 5.77. The Morgan fingerprint density at radius 1 is 1.23 bits per heavy atom. The Morgan fingerprint density at radius 2 is 2.07 bits per heavy atom. The van der Waals surface area contributed by atoms with Crippen LogP contribution in [0.25, 0.3) is 6.08 Å². The lowest BCUT2D eigenvalue weighted by Crippen LogP contribution is -2.33. The first-order chi connectivity index (χ1) is 14.5. The fourth-order valence-corrected chi connectivity index (χ4v) is 4.18. The van der Waals surface area contributed by atoms with Gasteiger partial charge in [0, 0.05) is 24.7 Å². The molecule has 1 saturated heterocycles. The minimum Gasteiger partial charge on any atom is -0.507 e. The van der Waals surface area contributed by atoms with Crippen LogP contribution in [0.15, 0.2) is 36.1 Å². The van der Waals surface area contributed by atoms with Crippen LogP contribution in [0, 0.1) is 5.92 Å². The number of benzene rings is 2. The van der Waals surface area contributed by atoms with E-state index in [4.69, 9.17) is 14.2 Å². The summed E-state index contributed by atoms with van der Waals surface area (Å²) in [6.07, 6.45) is 4.03. The molecular weight excluding hydrogens is 382 g/mol. The summed E-state index contributed by atoms with van der Waals surface area (Å²) in [6.45, 7) is 4.76. The fourth-order valence-electron chi connectivity index (χ4n) is 4.18. The van der Waals surface area contributed by atoms with E-state index in [2.05, 4.69) is 11.8 Å². The van der Waals surface area contributed by atoms with Crippen molar-refractivity contribution in [3.05, 3.63) is 52.8 Å². The topological polar surface area (TPSA) is 68.2 Å². The van der Waals surface area contributed by atoms with Gasteiger partial charge in [0.05, 0.1) is 25.3 Å². The summed E-state index contributed by atoms with van der Waals surface area (Å²) in [6, 6.07) is 8.59. The third kappa shape index (κ3) is 3.87. The number of Topliss-reactive ketones (excluding diaryl/α,β-unsaturated/α-hetero) is 1. The van der Waals surface area contributed by atoms with E-state index in [0.717, 1.165) is 19.5 Å². The molecule has 30 heavy (non-hydrogen) atoms. The summed E-state index contributed by atoms with van der Waals surface area (Å²) in [4.78, 5) is 15.3. The van der Waals surface area contributed by atoms with Crippen LogP contribution in [0.2, 0.25) is 0 Å². The maximum absolute atomic E-state index is 13.0. The number of methoxy groups -OCH3 is 2. The minimum atomic E-state index is -0.198. The Kier molecular flexibility index (Phi) is 5.68. The number of hydrogen-bond donors (Lipinski definition) is 1. The van der Waals surface area contributed by atoms with Crippen molar-refractivity contribution in [3.8, 4) is 23.0 Å². The number of ketones is 1. The van der Waals surface area contributed by atoms with Gasteiger partial charge in [-0.05, 0) is 55.6 Å². The van der Waals surface area contributed by atoms with E-state index in [1.54, 1.807) is 44.6 Å². The first-order valence-electron chi connectivity index (χ1n) is 10.2. The van der Waals surface area contributed by atoms with Gasteiger partial charge >= 0.3 is 0 Å². The fraction of sp³-hybridized carbons (Fsp3) is 0.375. The highest BCUT2D eigenvalue weighted by molar-refractivity contribution is 6.15. The number of carbonyl (C=O) groups excluding carboxylic acids is 1. The Hall–Kier alpha value is -2.99. The molecule has 0 unspecified atom stereocenters. The van der Waals surface area contributed by atoms with Crippen molar-refractivity contribution in [1.29, 1.82) is 0 Å². The molecule has 6 nitrogen and oxygen atoms in total. The summed E-state index contributed by atoms with van der Waals surface area (Å²) in [7, 11) is 3.16. The molecule has 0 radical (unpaired) electrons. The second-order valence-corrected chi connectivity index (χ2v) is 7.97. The maximum Gasteiger partial charge on any atom is 0.231 e. The molecule has 0 bridgehead atoms. The zero-order valence-electron chi connectivity index (χ0n) is 17.6. The smallest absolute Gasteiger partial charge is 0.231 e. The highest BCUT2D eigenvalue weighted by Gasteiger charge is 2.32. The molecular formula is C24H27NO5. The number of nitrogens with zero attached hydrogens (tertiary/aromatic N) is 1. The van der Waals surface area contributed by atoms with E-state index in [-0.39, 0.29) is 17.3 Å². The zero-order chi connectivity index (χ0) is 21.3. The van der Waals surface area contributed by atoms with Gasteiger partial charge in [-0.25, -0.2) is 0 Å². The number of ether oxygens (including phenoxy) is 3. The highest BCUT2D eigenvalue weighted by atomic mass is 16.5. The molecule has 2 aromatic rings. The molecule has 6 heteroatoms. The first kappa shape index (κ1) is 20.3. The molecule has 1 fully saturated rings. The normalized spacial score (nSPS) is 20.2. The van der Waals surface area contributed by atoms with Crippen LogP contribution in [-0.2, 0) is 6.54 Å². The van der Waals surface area contributed by atoms with Crippen molar-refractivity contribution in [2.24, 2.45) is 5.92 Å². The second kappa shape index (κ2) is 8.40. The van der Waals surface area contributed by atoms with Crippen LogP contribution in [0.4, 0.5) is 0 Å². The summed E-state index contributed by atoms with van der Waals surface area (Å²) in [5.74, 6) is 2.50. The standard InChI is InChI=1S/C24H27NO5/c1-15-5-4-10-25(13-15)14-19-20(26)9-8-18-23(27)22(30-24(18)19)11-16-6-7-17(28-2)12-21(16)29-3/h6-9,11-12,15,26H,4-5,10,13-14H2,1-3H3/t15-/m1/s1. The van der Waals surface area contributed by atoms with Crippen molar-refractivity contribution in [1.82, 2.24) is 4.90 Å². The summed E-state index contributed by atoms with van der Waals surface area (Å²) >= 11 is 0. The number of allylic oxidation sites excluding steroid dienone is 1. The van der Waals surface area contributed by atoms with Crippen molar-refractivity contribution in [3.63, 3.8) is 0 Å². The van der Waals surface area contributed by atoms with Gasteiger partial charge in [-0.1, -0.05) is 6.92 Å². The number of piperidine rings is 1. The van der Waals surface area contributed by atoms with Crippen LogP contribution in [0.3, 0.4) is 0 Å². The van der Waals surface area contributed by atoms with Gasteiger partial charge in [0.1, 0.15) is 23.0 Å². The lowest BCUT2D eigenvalue weighted by molar-refractivity contribution is 0.101. The van der Waals surface area contributed by atoms with E-state index in [0.29, 0.717) is 46.4 Å². The second-order valence-electron chi connectivity index (χ2n) is 7.97. The molecule has 1 atom stereocenters. The molecule has 0 amide bonds. The summed E-state index contributed by atoms with van der Waals surface area (Å²) in [5.41, 5.74) is 1.86. The van der Waals surface area contributed by atoms with E-state index < -0.39 is 0 Å². The quantitative estimate of drug-likeness (QED) is 0.745. The molecule has 0 saturated carbocycles. The van der Waals surface area contributed by atoms with Gasteiger partial charge in [0.15, 0.2) is 5.76 Å². The maximum atomic E-state index is 13.0. The van der Waals surface area contributed by atoms with E-state index in [1.807, 2.05) is 6.07 Å². The number of fused-ring (bicyclic) bond motifs is 1. The van der Waals surface area contributed by atoms with Gasteiger partial charge in [0.25, 0.3) is 0 Å². The number of likely N-dealkylation sites (tertiary alicyclic amines) is 1. The molecule has 0 aromatic heterocycles. The van der Waals surface area contributed by atoms with Crippen LogP contribution < -0.4 is 14.2 Å². The number of phenols is 1. The highest BCUT2D eigenvalue weighted by Crippen LogP contribution is 2.41. The van der Waals surface area contributed by atoms with Gasteiger partial charge in [-0.15, -0.1) is 0 Å². The SMILES string of the molecule is COc1ccc(C=C2Oc3c(ccc(O)c3CN3CCC[C@@H](C)C3)C2=O)c(OC)c1. The Labute approximate surface area is 176 Å². The zero-order valence-corrected chi connectivity index (χ0v) is 17.6. The molecule has 4 rings (SSSR count). The van der Waals surface area contributed by atoms with E-state index in [9.17, 15) is 9.90 Å². The van der Waals surface area contributed by atoms with E-state index >= 15 is 0 Å². The summed E-state index contributed by atoms with van der Waals surface area (Å²) in [5, 5.41) is 10.5. The largest absolute Gasteiger partial charge is 0.507 e. The van der Waals surface area contributed by atoms with Gasteiger partial charge in [0.2, 0.25) is 5.78 Å². The van der Waals surface area contributed by atoms with Crippen molar-refractivity contribution < 1.29 is 24.1 Å². The lowest BCUT2D eigenvalue weighted by atomic mass is 9.99. The molecule has 2 aliphatic heterocycles. The van der Waals surface area contributed by atoms with Crippen molar-refractivity contribution in [2.45, 2.75) is 26.3 Å². The molecule has 158 valence electrons. The average molecular weight is 409 g/mol. The average Bonchev–Trinajstić information content (AvgIpc) is 3.06. The number of rotatable bonds is 5. The first-order valence-corrected chi connectivity index (χ1v) is 10.2. The van der Waals surface area contributed by atoms with Gasteiger partial charge in [-0.3, -0.25) is 9.69 Å². The lowest BCUT2D eigenvalue weighted by Gasteiger charge is -2.31. The number of carbonyl (C=O) groups is 1. The number of aromatic hydroxyl groups is 1. The third-order valence-electron chi connectivity index (χ3n) is 5.77. The van der Waals surface area contributed by atoms with Crippen LogP contribution in [0.5, 0.6) is 23.0 Å². The van der Waals surface area contributed by atoms with E-state index in [1.165, 1.54) is 6.42 Å². The Morgan fingerprint density at radius 3 is 2.80 bits per heavy atom. The molecule has 2 heterocycles. The van der Waals surface area contributed by atoms with Crippen molar-refractivity contribution >= 4 is 11.9 Å². The molecule has 0 spiro atoms. The molecule has 1 N–H and O–H groups in total. The Balaban J connectivity index is 1.65. The van der Waals surface area contributed by atoms with Gasteiger partial charge in [-0.2, -0.15) is 0 Å². The van der Waals surface area contributed by atoms with Crippen molar-refractivity contribution in [2.75, 3.05) is 27.3 Å². The number of phenolic OH excluding ortho intramolecular Hbond substituents is 1. The van der Waals surface area contributed by atoms with Gasteiger partial charge < -0.3 is 19.3 Å². The Bertz CT molecular complexity index is 997. The van der Waals surface area contributed by atoms with Crippen LogP contribution in [-0.4, -0.2) is 43.1 Å².